The van der Waals surface area contributed by atoms with Crippen molar-refractivity contribution in [2.45, 2.75) is 44.7 Å². The predicted molar refractivity (Wildman–Crippen MR) is 115 cm³/mol. The molecule has 29 heavy (non-hydrogen) atoms. The Morgan fingerprint density at radius 2 is 1.90 bits per heavy atom. The van der Waals surface area contributed by atoms with Crippen LogP contribution in [-0.2, 0) is 11.3 Å². The van der Waals surface area contributed by atoms with Gasteiger partial charge in [0.15, 0.2) is 0 Å². The van der Waals surface area contributed by atoms with Gasteiger partial charge in [-0.3, -0.25) is 19.8 Å². The highest BCUT2D eigenvalue weighted by Gasteiger charge is 2.19. The van der Waals surface area contributed by atoms with E-state index in [1.54, 1.807) is 12.1 Å². The molecule has 0 bridgehead atoms. The Labute approximate surface area is 171 Å². The molecule has 0 aromatic heterocycles. The van der Waals surface area contributed by atoms with Crippen LogP contribution in [-0.4, -0.2) is 35.4 Å². The van der Waals surface area contributed by atoms with E-state index in [4.69, 9.17) is 0 Å². The van der Waals surface area contributed by atoms with Crippen LogP contribution in [0.5, 0.6) is 0 Å². The van der Waals surface area contributed by atoms with Crippen LogP contribution in [0.15, 0.2) is 48.5 Å². The molecule has 154 valence electrons. The maximum Gasteiger partial charge on any atom is 0.271 e. The van der Waals surface area contributed by atoms with Gasteiger partial charge in [0.2, 0.25) is 5.91 Å². The lowest BCUT2D eigenvalue weighted by atomic mass is 9.94. The predicted octanol–water partition coefficient (Wildman–Crippen LogP) is 4.41. The number of hydrogen-bond donors (Lipinski definition) is 2. The molecule has 0 atom stereocenters. The molecule has 1 aliphatic carbocycles. The Morgan fingerprint density at radius 3 is 2.66 bits per heavy atom. The third kappa shape index (κ3) is 6.02. The first-order chi connectivity index (χ1) is 14.0. The quantitative estimate of drug-likeness (QED) is 0.510. The number of benzene rings is 2. The summed E-state index contributed by atoms with van der Waals surface area (Å²) in [5, 5.41) is 16.8. The van der Waals surface area contributed by atoms with Crippen LogP contribution in [0.4, 0.5) is 17.1 Å². The number of para-hydroxylation sites is 1. The fourth-order valence-electron chi connectivity index (χ4n) is 3.83. The fraction of sp³-hybridized carbons (Fsp3) is 0.409. The topological polar surface area (TPSA) is 87.5 Å². The van der Waals surface area contributed by atoms with Gasteiger partial charge in [0.1, 0.15) is 0 Å². The molecule has 7 nitrogen and oxygen atoms in total. The van der Waals surface area contributed by atoms with Crippen molar-refractivity contribution in [2.24, 2.45) is 0 Å². The van der Waals surface area contributed by atoms with E-state index in [1.165, 1.54) is 44.2 Å². The van der Waals surface area contributed by atoms with E-state index in [2.05, 4.69) is 28.6 Å². The van der Waals surface area contributed by atoms with Gasteiger partial charge in [-0.15, -0.1) is 0 Å². The molecule has 2 aromatic carbocycles. The molecule has 2 N–H and O–H groups in total. The highest BCUT2D eigenvalue weighted by molar-refractivity contribution is 5.94. The second-order valence-corrected chi connectivity index (χ2v) is 7.57. The summed E-state index contributed by atoms with van der Waals surface area (Å²) in [6, 6.07) is 14.6. The molecule has 0 spiro atoms. The van der Waals surface area contributed by atoms with E-state index < -0.39 is 4.92 Å². The van der Waals surface area contributed by atoms with Crippen LogP contribution in [0.2, 0.25) is 0 Å². The number of nitro groups is 1. The molecule has 1 aliphatic rings. The zero-order valence-corrected chi connectivity index (χ0v) is 16.8. The Hall–Kier alpha value is -2.93. The van der Waals surface area contributed by atoms with Gasteiger partial charge in [-0.05, 0) is 37.6 Å². The molecule has 7 heteroatoms. The Balaban J connectivity index is 1.57. The molecule has 0 heterocycles. The largest absolute Gasteiger partial charge is 0.376 e. The molecule has 1 fully saturated rings. The van der Waals surface area contributed by atoms with Gasteiger partial charge in [0.25, 0.3) is 5.69 Å². The van der Waals surface area contributed by atoms with Crippen LogP contribution >= 0.6 is 0 Å². The van der Waals surface area contributed by atoms with Crippen LogP contribution in [0.25, 0.3) is 0 Å². The van der Waals surface area contributed by atoms with Gasteiger partial charge in [-0.1, -0.05) is 43.5 Å². The van der Waals surface area contributed by atoms with Crippen molar-refractivity contribution in [3.63, 3.8) is 0 Å². The maximum absolute atomic E-state index is 12.3. The Bertz CT molecular complexity index is 849. The first-order valence-corrected chi connectivity index (χ1v) is 10.1. The first-order valence-electron chi connectivity index (χ1n) is 10.1. The smallest absolute Gasteiger partial charge is 0.271 e. The molecule has 0 saturated heterocycles. The van der Waals surface area contributed by atoms with E-state index in [-0.39, 0.29) is 18.1 Å². The number of carbonyl (C=O) groups excluding carboxylic acids is 1. The normalized spacial score (nSPS) is 14.6. The minimum Gasteiger partial charge on any atom is -0.376 e. The molecule has 3 rings (SSSR count). The lowest BCUT2D eigenvalue weighted by Gasteiger charge is -2.31. The summed E-state index contributed by atoms with van der Waals surface area (Å²) in [5.41, 5.74) is 2.45. The average molecular weight is 396 g/mol. The van der Waals surface area contributed by atoms with Crippen molar-refractivity contribution >= 4 is 23.0 Å². The van der Waals surface area contributed by atoms with Crippen LogP contribution in [0.1, 0.15) is 37.7 Å². The van der Waals surface area contributed by atoms with E-state index in [1.807, 2.05) is 18.2 Å². The summed E-state index contributed by atoms with van der Waals surface area (Å²) in [7, 11) is 2.17. The molecule has 0 aliphatic heterocycles. The highest BCUT2D eigenvalue weighted by atomic mass is 16.6. The lowest BCUT2D eigenvalue weighted by molar-refractivity contribution is -0.384. The number of nitrogens with zero attached hydrogens (tertiary/aromatic N) is 2. The summed E-state index contributed by atoms with van der Waals surface area (Å²) in [4.78, 5) is 25.1. The summed E-state index contributed by atoms with van der Waals surface area (Å²) in [6.07, 6.45) is 6.43. The third-order valence-electron chi connectivity index (χ3n) is 5.42. The number of carbonyl (C=O) groups is 1. The van der Waals surface area contributed by atoms with E-state index in [0.29, 0.717) is 11.7 Å². The van der Waals surface area contributed by atoms with Crippen molar-refractivity contribution in [1.29, 1.82) is 0 Å². The number of rotatable bonds is 8. The number of nitrogens with one attached hydrogen (secondary N) is 2. The first kappa shape index (κ1) is 20.8. The monoisotopic (exact) mass is 396 g/mol. The fourth-order valence-corrected chi connectivity index (χ4v) is 3.83. The molecule has 0 radical (unpaired) electrons. The second-order valence-electron chi connectivity index (χ2n) is 7.57. The van der Waals surface area contributed by atoms with Gasteiger partial charge in [-0.2, -0.15) is 0 Å². The summed E-state index contributed by atoms with van der Waals surface area (Å²) in [6.45, 7) is 0.924. The minimum atomic E-state index is -0.479. The number of amides is 1. The van der Waals surface area contributed by atoms with Gasteiger partial charge < -0.3 is 10.6 Å². The molecule has 1 amide bonds. The van der Waals surface area contributed by atoms with Gasteiger partial charge in [0, 0.05) is 36.1 Å². The summed E-state index contributed by atoms with van der Waals surface area (Å²) in [5.74, 6) is -0.249. The molecule has 2 aromatic rings. The maximum atomic E-state index is 12.3. The Kier molecular flexibility index (Phi) is 7.19. The van der Waals surface area contributed by atoms with Gasteiger partial charge in [0.05, 0.1) is 11.5 Å². The van der Waals surface area contributed by atoms with Crippen molar-refractivity contribution in [1.82, 2.24) is 4.90 Å². The van der Waals surface area contributed by atoms with E-state index in [0.717, 1.165) is 17.8 Å². The molecule has 1 saturated carbocycles. The number of non-ortho nitro benzene ring substituents is 1. The van der Waals surface area contributed by atoms with Crippen LogP contribution < -0.4 is 10.6 Å². The van der Waals surface area contributed by atoms with E-state index in [9.17, 15) is 14.9 Å². The van der Waals surface area contributed by atoms with Crippen molar-refractivity contribution in [3.8, 4) is 0 Å². The Morgan fingerprint density at radius 1 is 1.14 bits per heavy atom. The van der Waals surface area contributed by atoms with Crippen LogP contribution in [0.3, 0.4) is 0 Å². The molecular formula is C22H28N4O3. The zero-order chi connectivity index (χ0) is 20.6. The number of nitro benzene ring substituents is 1. The van der Waals surface area contributed by atoms with Crippen molar-refractivity contribution < 1.29 is 9.72 Å². The summed E-state index contributed by atoms with van der Waals surface area (Å²) < 4.78 is 0. The van der Waals surface area contributed by atoms with Gasteiger partial charge in [-0.25, -0.2) is 0 Å². The second kappa shape index (κ2) is 10.0. The standard InChI is InChI=1S/C22H28N4O3/c1-25(19-10-3-2-4-11-19)16-17-8-5-6-13-21(17)23-15-22(27)24-18-9-7-12-20(14-18)26(28)29/h5-9,12-14,19,23H,2-4,10-11,15-16H2,1H3,(H,24,27). The average Bonchev–Trinajstić information content (AvgIpc) is 2.74. The summed E-state index contributed by atoms with van der Waals surface area (Å²) >= 11 is 0. The van der Waals surface area contributed by atoms with Gasteiger partial charge >= 0.3 is 0 Å². The lowest BCUT2D eigenvalue weighted by Crippen LogP contribution is -2.33. The number of hydrogen-bond acceptors (Lipinski definition) is 5. The zero-order valence-electron chi connectivity index (χ0n) is 16.8. The number of anilines is 2. The van der Waals surface area contributed by atoms with Crippen molar-refractivity contribution in [3.05, 3.63) is 64.2 Å². The molecule has 0 unspecified atom stereocenters. The van der Waals surface area contributed by atoms with Crippen molar-refractivity contribution in [2.75, 3.05) is 24.2 Å². The highest BCUT2D eigenvalue weighted by Crippen LogP contribution is 2.25. The van der Waals surface area contributed by atoms with Crippen LogP contribution in [0, 0.1) is 10.1 Å². The minimum absolute atomic E-state index is 0.0492. The SMILES string of the molecule is CN(Cc1ccccc1NCC(=O)Nc1cccc([N+](=O)[O-])c1)C1CCCCC1. The third-order valence-corrected chi connectivity index (χ3v) is 5.42. The molecular weight excluding hydrogens is 368 g/mol. The van der Waals surface area contributed by atoms with E-state index >= 15 is 0 Å².